The first kappa shape index (κ1) is 23.2. The zero-order chi connectivity index (χ0) is 22.4. The van der Waals surface area contributed by atoms with Crippen LogP contribution in [0.1, 0.15) is 63.2 Å². The molecule has 0 aromatic heterocycles. The summed E-state index contributed by atoms with van der Waals surface area (Å²) in [6.45, 7) is 4.79. The van der Waals surface area contributed by atoms with Crippen LogP contribution in [0.4, 0.5) is 10.5 Å². The summed E-state index contributed by atoms with van der Waals surface area (Å²) < 4.78 is 10.3. The van der Waals surface area contributed by atoms with E-state index in [4.69, 9.17) is 9.47 Å². The summed E-state index contributed by atoms with van der Waals surface area (Å²) >= 11 is 0. The minimum atomic E-state index is -0.834. The van der Waals surface area contributed by atoms with Crippen LogP contribution >= 0.6 is 0 Å². The normalized spacial score (nSPS) is 15.4. The maximum absolute atomic E-state index is 12.5. The molecule has 1 aliphatic rings. The number of hydrogen-bond donors (Lipinski definition) is 1. The van der Waals surface area contributed by atoms with E-state index in [1.54, 1.807) is 40.0 Å². The molecule has 1 aliphatic carbocycles. The number of rotatable bonds is 5. The van der Waals surface area contributed by atoms with E-state index in [0.29, 0.717) is 18.5 Å². The predicted molar refractivity (Wildman–Crippen MR) is 111 cm³/mol. The zero-order valence-electron chi connectivity index (χ0n) is 18.0. The van der Waals surface area contributed by atoms with Crippen molar-refractivity contribution in [1.29, 1.82) is 5.26 Å². The fourth-order valence-electron chi connectivity index (χ4n) is 3.35. The summed E-state index contributed by atoms with van der Waals surface area (Å²) in [6.07, 6.45) is 3.44. The van der Waals surface area contributed by atoms with E-state index in [1.807, 2.05) is 0 Å². The molecule has 1 fully saturated rings. The number of nitrogens with zero attached hydrogens (tertiary/aromatic N) is 2. The van der Waals surface area contributed by atoms with Gasteiger partial charge in [-0.1, -0.05) is 25.3 Å². The number of hydrogen-bond acceptors (Lipinski definition) is 6. The average Bonchev–Trinajstić information content (AvgIpc) is 2.70. The summed E-state index contributed by atoms with van der Waals surface area (Å²) in [5, 5.41) is 12.1. The lowest BCUT2D eigenvalue weighted by atomic mass is 9.81. The third-order valence-corrected chi connectivity index (χ3v) is 4.98. The van der Waals surface area contributed by atoms with E-state index in [1.165, 1.54) is 17.0 Å². The van der Waals surface area contributed by atoms with Crippen molar-refractivity contribution in [3.63, 3.8) is 0 Å². The molecule has 0 bridgehead atoms. The number of carbonyl (C=O) groups excluding carboxylic acids is 3. The minimum absolute atomic E-state index is 0.187. The lowest BCUT2D eigenvalue weighted by molar-refractivity contribution is -0.138. The Morgan fingerprint density at radius 3 is 2.47 bits per heavy atom. The third kappa shape index (κ3) is 6.21. The molecule has 0 heterocycles. The molecule has 8 nitrogen and oxygen atoms in total. The number of nitriles is 1. The van der Waals surface area contributed by atoms with Crippen molar-refractivity contribution in [2.75, 3.05) is 19.0 Å². The second-order valence-corrected chi connectivity index (χ2v) is 8.44. The maximum Gasteiger partial charge on any atom is 0.412 e. The van der Waals surface area contributed by atoms with Crippen LogP contribution in [0.3, 0.4) is 0 Å². The molecule has 0 unspecified atom stereocenters. The molecule has 0 aliphatic heterocycles. The topological polar surface area (TPSA) is 109 Å². The van der Waals surface area contributed by atoms with Crippen LogP contribution in [-0.2, 0) is 14.3 Å². The van der Waals surface area contributed by atoms with Gasteiger partial charge in [0.2, 0.25) is 0 Å². The number of benzene rings is 1. The molecule has 2 rings (SSSR count). The van der Waals surface area contributed by atoms with Gasteiger partial charge in [-0.15, -0.1) is 0 Å². The Labute approximate surface area is 177 Å². The summed E-state index contributed by atoms with van der Waals surface area (Å²) in [7, 11) is 1.58. The first-order chi connectivity index (χ1) is 14.1. The summed E-state index contributed by atoms with van der Waals surface area (Å²) in [5.41, 5.74) is -0.926. The van der Waals surface area contributed by atoms with Crippen LogP contribution in [0.5, 0.6) is 0 Å². The van der Waals surface area contributed by atoms with Gasteiger partial charge in [0.05, 0.1) is 11.6 Å². The van der Waals surface area contributed by atoms with Crippen molar-refractivity contribution in [2.45, 2.75) is 64.0 Å². The van der Waals surface area contributed by atoms with Gasteiger partial charge in [0.25, 0.3) is 5.91 Å². The molecule has 8 heteroatoms. The highest BCUT2D eigenvalue weighted by atomic mass is 16.6. The van der Waals surface area contributed by atoms with Gasteiger partial charge >= 0.3 is 12.1 Å². The molecule has 0 saturated heterocycles. The van der Waals surface area contributed by atoms with E-state index in [-0.39, 0.29) is 5.56 Å². The van der Waals surface area contributed by atoms with E-state index >= 15 is 0 Å². The number of anilines is 1. The number of esters is 1. The van der Waals surface area contributed by atoms with Crippen LogP contribution < -0.4 is 5.32 Å². The molecule has 1 aromatic rings. The smallest absolute Gasteiger partial charge is 0.412 e. The largest absolute Gasteiger partial charge is 0.452 e. The number of ether oxygens (including phenoxy) is 2. The van der Waals surface area contributed by atoms with E-state index in [9.17, 15) is 19.6 Å². The highest BCUT2D eigenvalue weighted by molar-refractivity contribution is 5.94. The Bertz CT molecular complexity index is 832. The van der Waals surface area contributed by atoms with Gasteiger partial charge in [-0.25, -0.2) is 9.59 Å². The molecule has 1 aromatic carbocycles. The highest BCUT2D eigenvalue weighted by Crippen LogP contribution is 2.32. The molecular formula is C22H29N3O5. The van der Waals surface area contributed by atoms with Crippen LogP contribution in [0.25, 0.3) is 0 Å². The van der Waals surface area contributed by atoms with E-state index in [0.717, 1.165) is 19.3 Å². The predicted octanol–water partition coefficient (Wildman–Crippen LogP) is 3.88. The summed E-state index contributed by atoms with van der Waals surface area (Å²) in [5.74, 6) is -1.12. The van der Waals surface area contributed by atoms with Gasteiger partial charge in [-0.3, -0.25) is 10.1 Å². The monoisotopic (exact) mass is 415 g/mol. The summed E-state index contributed by atoms with van der Waals surface area (Å²) in [6, 6.07) is 8.43. The second-order valence-electron chi connectivity index (χ2n) is 8.44. The van der Waals surface area contributed by atoms with Gasteiger partial charge < -0.3 is 14.4 Å². The Morgan fingerprint density at radius 1 is 1.20 bits per heavy atom. The fourth-order valence-corrected chi connectivity index (χ4v) is 3.35. The van der Waals surface area contributed by atoms with Crippen LogP contribution in [0.15, 0.2) is 24.3 Å². The number of carbonyl (C=O) groups is 3. The van der Waals surface area contributed by atoms with Gasteiger partial charge in [0.15, 0.2) is 6.61 Å². The molecule has 0 atom stereocenters. The Balaban J connectivity index is 1.95. The third-order valence-electron chi connectivity index (χ3n) is 4.98. The molecule has 2 amide bonds. The highest BCUT2D eigenvalue weighted by Gasteiger charge is 2.39. The molecule has 1 saturated carbocycles. The second kappa shape index (κ2) is 9.61. The maximum atomic E-state index is 12.5. The van der Waals surface area contributed by atoms with Gasteiger partial charge in [-0.2, -0.15) is 5.26 Å². The van der Waals surface area contributed by atoms with Crippen LogP contribution in [-0.4, -0.2) is 47.7 Å². The Hall–Kier alpha value is -3.08. The lowest BCUT2D eigenvalue weighted by Crippen LogP contribution is -2.51. The van der Waals surface area contributed by atoms with Crippen molar-refractivity contribution < 1.29 is 23.9 Å². The molecule has 162 valence electrons. The van der Waals surface area contributed by atoms with Gasteiger partial charge in [0, 0.05) is 12.7 Å². The minimum Gasteiger partial charge on any atom is -0.452 e. The van der Waals surface area contributed by atoms with Gasteiger partial charge in [-0.05, 0) is 51.8 Å². The average molecular weight is 415 g/mol. The SMILES string of the molecule is CN(C(=O)COC(=O)c1cccc(NC(=O)OC(C)(C)C)c1)C1(C#N)CCCCC1. The van der Waals surface area contributed by atoms with Crippen LogP contribution in [0.2, 0.25) is 0 Å². The number of nitrogens with one attached hydrogen (secondary N) is 1. The first-order valence-corrected chi connectivity index (χ1v) is 10.0. The quantitative estimate of drug-likeness (QED) is 0.731. The summed E-state index contributed by atoms with van der Waals surface area (Å²) in [4.78, 5) is 38.2. The van der Waals surface area contributed by atoms with E-state index in [2.05, 4.69) is 11.4 Å². The Kier molecular flexibility index (Phi) is 7.43. The molecule has 1 N–H and O–H groups in total. The number of likely N-dealkylation sites (N-methyl/N-ethyl adjacent to an activating group) is 1. The molecule has 30 heavy (non-hydrogen) atoms. The van der Waals surface area contributed by atoms with E-state index < -0.39 is 35.7 Å². The fraction of sp³-hybridized carbons (Fsp3) is 0.545. The van der Waals surface area contributed by atoms with Crippen molar-refractivity contribution in [3.8, 4) is 6.07 Å². The van der Waals surface area contributed by atoms with Crippen molar-refractivity contribution in [1.82, 2.24) is 4.90 Å². The molecule has 0 radical (unpaired) electrons. The van der Waals surface area contributed by atoms with Gasteiger partial charge in [0.1, 0.15) is 11.1 Å². The molecular weight excluding hydrogens is 386 g/mol. The molecule has 0 spiro atoms. The number of amides is 2. The van der Waals surface area contributed by atoms with Crippen molar-refractivity contribution >= 4 is 23.7 Å². The lowest BCUT2D eigenvalue weighted by Gasteiger charge is -2.38. The standard InChI is InChI=1S/C22H29N3O5/c1-21(2,3)30-20(28)24-17-10-8-9-16(13-17)19(27)29-14-18(26)25(4)22(15-23)11-6-5-7-12-22/h8-10,13H,5-7,11-12,14H2,1-4H3,(H,24,28). The van der Waals surface area contributed by atoms with Crippen LogP contribution in [0, 0.1) is 11.3 Å². The first-order valence-electron chi connectivity index (χ1n) is 10.0. The van der Waals surface area contributed by atoms with Crippen molar-refractivity contribution in [2.24, 2.45) is 0 Å². The van der Waals surface area contributed by atoms with Crippen molar-refractivity contribution in [3.05, 3.63) is 29.8 Å². The Morgan fingerprint density at radius 2 is 1.87 bits per heavy atom. The zero-order valence-corrected chi connectivity index (χ0v) is 18.0.